The molecule has 2 rings (SSSR count). The molecule has 22 heavy (non-hydrogen) atoms. The summed E-state index contributed by atoms with van der Waals surface area (Å²) in [5, 5.41) is 0. The molecule has 1 heterocycles. The Morgan fingerprint density at radius 2 is 1.86 bits per heavy atom. The molecule has 0 bridgehead atoms. The predicted octanol–water partition coefficient (Wildman–Crippen LogP) is 1.56. The second-order valence-electron chi connectivity index (χ2n) is 5.32. The van der Waals surface area contributed by atoms with E-state index >= 15 is 0 Å². The van der Waals surface area contributed by atoms with Crippen LogP contribution >= 0.6 is 12.4 Å². The van der Waals surface area contributed by atoms with Gasteiger partial charge < -0.3 is 15.4 Å². The molecule has 122 valence electrons. The van der Waals surface area contributed by atoms with Gasteiger partial charge in [-0.05, 0) is 18.4 Å². The molecule has 1 aliphatic rings. The van der Waals surface area contributed by atoms with Crippen LogP contribution in [0.1, 0.15) is 24.3 Å². The third kappa shape index (κ3) is 4.21. The van der Waals surface area contributed by atoms with Gasteiger partial charge in [-0.3, -0.25) is 9.59 Å². The number of amides is 1. The van der Waals surface area contributed by atoms with Gasteiger partial charge in [0.25, 0.3) is 0 Å². The van der Waals surface area contributed by atoms with E-state index in [1.807, 2.05) is 35.2 Å². The molecule has 2 N–H and O–H groups in total. The number of rotatable bonds is 4. The van der Waals surface area contributed by atoms with Crippen LogP contribution in [0.15, 0.2) is 30.3 Å². The fourth-order valence-corrected chi connectivity index (χ4v) is 2.79. The summed E-state index contributed by atoms with van der Waals surface area (Å²) >= 11 is 0. The molecule has 1 aromatic rings. The smallest absolute Gasteiger partial charge is 0.308 e. The number of piperidine rings is 1. The van der Waals surface area contributed by atoms with Gasteiger partial charge in [0.2, 0.25) is 5.91 Å². The molecule has 0 aliphatic carbocycles. The lowest BCUT2D eigenvalue weighted by molar-refractivity contribution is -0.149. The SMILES string of the molecule is COC(=O)C1CCN(C(=O)C(CN)c2ccccc2)CC1.Cl. The number of hydrogen-bond acceptors (Lipinski definition) is 4. The lowest BCUT2D eigenvalue weighted by atomic mass is 9.93. The van der Waals surface area contributed by atoms with Gasteiger partial charge in [-0.1, -0.05) is 30.3 Å². The summed E-state index contributed by atoms with van der Waals surface area (Å²) in [4.78, 5) is 25.9. The van der Waals surface area contributed by atoms with Crippen molar-refractivity contribution in [1.29, 1.82) is 0 Å². The van der Waals surface area contributed by atoms with Crippen LogP contribution in [0, 0.1) is 5.92 Å². The van der Waals surface area contributed by atoms with Crippen LogP contribution in [0.4, 0.5) is 0 Å². The molecule has 1 fully saturated rings. The first-order valence-electron chi connectivity index (χ1n) is 7.29. The van der Waals surface area contributed by atoms with Gasteiger partial charge in [-0.25, -0.2) is 0 Å². The molecule has 1 aliphatic heterocycles. The highest BCUT2D eigenvalue weighted by Crippen LogP contribution is 2.23. The van der Waals surface area contributed by atoms with Crippen LogP contribution in [0.5, 0.6) is 0 Å². The highest BCUT2D eigenvalue weighted by atomic mass is 35.5. The zero-order chi connectivity index (χ0) is 15.2. The third-order valence-corrected chi connectivity index (χ3v) is 4.08. The quantitative estimate of drug-likeness (QED) is 0.852. The third-order valence-electron chi connectivity index (χ3n) is 4.08. The number of carbonyl (C=O) groups is 2. The van der Waals surface area contributed by atoms with E-state index in [9.17, 15) is 9.59 Å². The van der Waals surface area contributed by atoms with Gasteiger partial charge >= 0.3 is 5.97 Å². The van der Waals surface area contributed by atoms with E-state index in [0.29, 0.717) is 32.5 Å². The molecule has 5 nitrogen and oxygen atoms in total. The monoisotopic (exact) mass is 326 g/mol. The molecule has 1 aromatic carbocycles. The first-order chi connectivity index (χ1) is 10.2. The van der Waals surface area contributed by atoms with Crippen LogP contribution in [0.25, 0.3) is 0 Å². The highest BCUT2D eigenvalue weighted by Gasteiger charge is 2.31. The summed E-state index contributed by atoms with van der Waals surface area (Å²) in [5.74, 6) is -0.527. The first-order valence-corrected chi connectivity index (χ1v) is 7.29. The summed E-state index contributed by atoms with van der Waals surface area (Å²) in [5.41, 5.74) is 6.73. The maximum atomic E-state index is 12.6. The number of benzene rings is 1. The molecule has 6 heteroatoms. The molecule has 0 saturated carbocycles. The number of halogens is 1. The summed E-state index contributed by atoms with van der Waals surface area (Å²) in [6.45, 7) is 1.46. The van der Waals surface area contributed by atoms with Crippen molar-refractivity contribution in [3.63, 3.8) is 0 Å². The van der Waals surface area contributed by atoms with Crippen molar-refractivity contribution in [1.82, 2.24) is 4.90 Å². The second kappa shape index (κ2) is 8.76. The lowest BCUT2D eigenvalue weighted by Crippen LogP contribution is -2.44. The van der Waals surface area contributed by atoms with Gasteiger partial charge in [0.15, 0.2) is 0 Å². The summed E-state index contributed by atoms with van der Waals surface area (Å²) in [6.07, 6.45) is 1.31. The van der Waals surface area contributed by atoms with Crippen molar-refractivity contribution in [3.8, 4) is 0 Å². The van der Waals surface area contributed by atoms with Gasteiger partial charge in [0.1, 0.15) is 0 Å². The van der Waals surface area contributed by atoms with Gasteiger partial charge in [-0.2, -0.15) is 0 Å². The minimum atomic E-state index is -0.305. The van der Waals surface area contributed by atoms with E-state index in [1.54, 1.807) is 0 Å². The topological polar surface area (TPSA) is 72.6 Å². The Labute approximate surface area is 137 Å². The minimum absolute atomic E-state index is 0. The van der Waals surface area contributed by atoms with Crippen molar-refractivity contribution in [2.75, 3.05) is 26.7 Å². The maximum absolute atomic E-state index is 12.6. The van der Waals surface area contributed by atoms with E-state index in [1.165, 1.54) is 7.11 Å². The van der Waals surface area contributed by atoms with Crippen molar-refractivity contribution < 1.29 is 14.3 Å². The summed E-state index contributed by atoms with van der Waals surface area (Å²) < 4.78 is 4.76. The lowest BCUT2D eigenvalue weighted by Gasteiger charge is -2.33. The fourth-order valence-electron chi connectivity index (χ4n) is 2.79. The van der Waals surface area contributed by atoms with Crippen molar-refractivity contribution >= 4 is 24.3 Å². The average Bonchev–Trinajstić information content (AvgIpc) is 2.56. The number of methoxy groups -OCH3 is 1. The Morgan fingerprint density at radius 1 is 1.27 bits per heavy atom. The Bertz CT molecular complexity index is 487. The summed E-state index contributed by atoms with van der Waals surface area (Å²) in [6, 6.07) is 9.60. The minimum Gasteiger partial charge on any atom is -0.469 e. The number of esters is 1. The van der Waals surface area contributed by atoms with Crippen LogP contribution in [-0.4, -0.2) is 43.5 Å². The van der Waals surface area contributed by atoms with Crippen molar-refractivity contribution in [2.24, 2.45) is 11.7 Å². The standard InChI is InChI=1S/C16H22N2O3.ClH/c1-21-16(20)13-7-9-18(10-8-13)15(19)14(11-17)12-5-3-2-4-6-12;/h2-6,13-14H,7-11,17H2,1H3;1H. The van der Waals surface area contributed by atoms with Crippen LogP contribution < -0.4 is 5.73 Å². The van der Waals surface area contributed by atoms with E-state index in [0.717, 1.165) is 5.56 Å². The number of hydrogen-bond donors (Lipinski definition) is 1. The van der Waals surface area contributed by atoms with Crippen molar-refractivity contribution in [2.45, 2.75) is 18.8 Å². The Kier molecular flexibility index (Phi) is 7.35. The van der Waals surface area contributed by atoms with Gasteiger partial charge in [0.05, 0.1) is 18.9 Å². The van der Waals surface area contributed by atoms with Crippen molar-refractivity contribution in [3.05, 3.63) is 35.9 Å². The van der Waals surface area contributed by atoms with E-state index < -0.39 is 0 Å². The van der Waals surface area contributed by atoms with E-state index in [4.69, 9.17) is 10.5 Å². The van der Waals surface area contributed by atoms with E-state index in [2.05, 4.69) is 0 Å². The number of ether oxygens (including phenoxy) is 1. The second-order valence-corrected chi connectivity index (χ2v) is 5.32. The molecule has 1 atom stereocenters. The summed E-state index contributed by atoms with van der Waals surface area (Å²) in [7, 11) is 1.40. The molecule has 0 spiro atoms. The molecular weight excluding hydrogens is 304 g/mol. The largest absolute Gasteiger partial charge is 0.469 e. The van der Waals surface area contributed by atoms with Crippen LogP contribution in [0.2, 0.25) is 0 Å². The Balaban J connectivity index is 0.00000242. The van der Waals surface area contributed by atoms with Crippen LogP contribution in [0.3, 0.4) is 0 Å². The Morgan fingerprint density at radius 3 is 2.36 bits per heavy atom. The number of carbonyl (C=O) groups excluding carboxylic acids is 2. The normalized spacial score (nSPS) is 16.5. The molecule has 1 amide bonds. The highest BCUT2D eigenvalue weighted by molar-refractivity contribution is 5.85. The molecule has 0 radical (unpaired) electrons. The van der Waals surface area contributed by atoms with Gasteiger partial charge in [-0.15, -0.1) is 12.4 Å². The molecule has 0 aromatic heterocycles. The zero-order valence-corrected chi connectivity index (χ0v) is 13.6. The molecular formula is C16H23ClN2O3. The molecule has 1 saturated heterocycles. The average molecular weight is 327 g/mol. The first kappa shape index (κ1) is 18.5. The number of likely N-dealkylation sites (tertiary alicyclic amines) is 1. The molecule has 1 unspecified atom stereocenters. The predicted molar refractivity (Wildman–Crippen MR) is 86.8 cm³/mol. The maximum Gasteiger partial charge on any atom is 0.308 e. The number of nitrogens with zero attached hydrogens (tertiary/aromatic N) is 1. The fraction of sp³-hybridized carbons (Fsp3) is 0.500. The Hall–Kier alpha value is -1.59. The van der Waals surface area contributed by atoms with Crippen LogP contribution in [-0.2, 0) is 14.3 Å². The zero-order valence-electron chi connectivity index (χ0n) is 12.7. The van der Waals surface area contributed by atoms with E-state index in [-0.39, 0.29) is 36.1 Å². The van der Waals surface area contributed by atoms with Gasteiger partial charge in [0, 0.05) is 19.6 Å². The number of nitrogens with two attached hydrogens (primary N) is 1.